The lowest BCUT2D eigenvalue weighted by atomic mass is 10.0. The van der Waals surface area contributed by atoms with Crippen LogP contribution in [0.15, 0.2) is 5.57 Å². The first-order chi connectivity index (χ1) is 9.81. The van der Waals surface area contributed by atoms with Crippen LogP contribution < -0.4 is 0 Å². The van der Waals surface area contributed by atoms with Crippen LogP contribution in [-0.2, 0) is 0 Å². The highest BCUT2D eigenvalue weighted by atomic mass is 14.0. The third-order valence-corrected chi connectivity index (χ3v) is 4.31. The Bertz CT molecular complexity index is 192. The molecule has 0 aliphatic carbocycles. The minimum atomic E-state index is 1.05. The van der Waals surface area contributed by atoms with Gasteiger partial charge < -0.3 is 0 Å². The van der Waals surface area contributed by atoms with Crippen LogP contribution in [0.5, 0.6) is 0 Å². The molecule has 0 aliphatic rings. The van der Waals surface area contributed by atoms with Gasteiger partial charge in [-0.15, -0.1) is 0 Å². The van der Waals surface area contributed by atoms with Crippen molar-refractivity contribution in [3.63, 3.8) is 0 Å². The minimum Gasteiger partial charge on any atom is -0.0705 e. The number of hydrogen-bond donors (Lipinski definition) is 0. The number of hydrogen-bond acceptors (Lipinski definition) is 0. The van der Waals surface area contributed by atoms with E-state index < -0.39 is 0 Å². The Balaban J connectivity index is 2.97. The molecule has 20 heavy (non-hydrogen) atoms. The third kappa shape index (κ3) is 15.8. The molecule has 0 aromatic heterocycles. The molecular formula is C20H39. The SMILES string of the molecule is [CH]=C(CC)CCCCCCCCCCCCCCCC. The quantitative estimate of drug-likeness (QED) is 0.255. The van der Waals surface area contributed by atoms with E-state index in [0.29, 0.717) is 0 Å². The number of unbranched alkanes of at least 4 members (excludes halogenated alkanes) is 13. The van der Waals surface area contributed by atoms with E-state index in [4.69, 9.17) is 6.58 Å². The van der Waals surface area contributed by atoms with Crippen molar-refractivity contribution in [2.24, 2.45) is 0 Å². The number of rotatable bonds is 16. The minimum absolute atomic E-state index is 1.05. The summed E-state index contributed by atoms with van der Waals surface area (Å²) in [5.74, 6) is 0. The topological polar surface area (TPSA) is 0 Å². The van der Waals surface area contributed by atoms with Crippen LogP contribution in [0.4, 0.5) is 0 Å². The molecule has 0 heteroatoms. The van der Waals surface area contributed by atoms with Crippen molar-refractivity contribution in [1.29, 1.82) is 0 Å². The monoisotopic (exact) mass is 279 g/mol. The molecule has 0 fully saturated rings. The molecule has 0 unspecified atom stereocenters. The fourth-order valence-corrected chi connectivity index (χ4v) is 2.72. The van der Waals surface area contributed by atoms with E-state index in [1.165, 1.54) is 95.5 Å². The maximum atomic E-state index is 5.84. The molecule has 0 bridgehead atoms. The first-order valence-corrected chi connectivity index (χ1v) is 9.41. The normalized spacial score (nSPS) is 10.9. The van der Waals surface area contributed by atoms with E-state index in [0.717, 1.165) is 12.8 Å². The van der Waals surface area contributed by atoms with Crippen LogP contribution in [0.3, 0.4) is 0 Å². The summed E-state index contributed by atoms with van der Waals surface area (Å²) in [5, 5.41) is 0. The van der Waals surface area contributed by atoms with E-state index in [9.17, 15) is 0 Å². The molecule has 0 N–H and O–H groups in total. The lowest BCUT2D eigenvalue weighted by molar-refractivity contribution is 0.535. The van der Waals surface area contributed by atoms with Crippen LogP contribution >= 0.6 is 0 Å². The van der Waals surface area contributed by atoms with Crippen molar-refractivity contribution in [3.8, 4) is 0 Å². The van der Waals surface area contributed by atoms with Crippen LogP contribution in [0.1, 0.15) is 117 Å². The van der Waals surface area contributed by atoms with Gasteiger partial charge in [0.15, 0.2) is 0 Å². The zero-order chi connectivity index (χ0) is 14.9. The molecule has 0 atom stereocenters. The Morgan fingerprint density at radius 2 is 0.900 bits per heavy atom. The average Bonchev–Trinajstić information content (AvgIpc) is 2.47. The summed E-state index contributed by atoms with van der Waals surface area (Å²) in [5.41, 5.74) is 1.18. The molecule has 0 nitrogen and oxygen atoms in total. The van der Waals surface area contributed by atoms with E-state index in [1.807, 2.05) is 0 Å². The Morgan fingerprint density at radius 1 is 0.550 bits per heavy atom. The lowest BCUT2D eigenvalue weighted by Crippen LogP contribution is -1.84. The molecule has 0 saturated heterocycles. The second-order valence-electron chi connectivity index (χ2n) is 6.36. The van der Waals surface area contributed by atoms with Crippen LogP contribution in [0, 0.1) is 6.58 Å². The molecule has 1 radical (unpaired) electrons. The molecule has 0 rings (SSSR count). The second kappa shape index (κ2) is 16.8. The van der Waals surface area contributed by atoms with Crippen molar-refractivity contribution < 1.29 is 0 Å². The van der Waals surface area contributed by atoms with Gasteiger partial charge in [-0.2, -0.15) is 0 Å². The van der Waals surface area contributed by atoms with Gasteiger partial charge in [-0.3, -0.25) is 0 Å². The van der Waals surface area contributed by atoms with Gasteiger partial charge in [-0.1, -0.05) is 109 Å². The van der Waals surface area contributed by atoms with Crippen LogP contribution in [0.2, 0.25) is 0 Å². The van der Waals surface area contributed by atoms with Crippen molar-refractivity contribution in [3.05, 3.63) is 12.2 Å². The molecule has 0 aliphatic heterocycles. The molecule has 0 saturated carbocycles. The summed E-state index contributed by atoms with van der Waals surface area (Å²) in [4.78, 5) is 0. The maximum Gasteiger partial charge on any atom is -0.0317 e. The second-order valence-corrected chi connectivity index (χ2v) is 6.36. The smallest absolute Gasteiger partial charge is 0.0317 e. The molecule has 0 aromatic carbocycles. The standard InChI is InChI=1S/C20H39/c1-4-6-7-8-9-10-11-12-13-14-15-16-17-18-19-20(3)5-2/h3H,4-19H2,1-2H3. The fraction of sp³-hybridized carbons (Fsp3) is 0.900. The van der Waals surface area contributed by atoms with E-state index in [2.05, 4.69) is 13.8 Å². The van der Waals surface area contributed by atoms with Crippen molar-refractivity contribution in [1.82, 2.24) is 0 Å². The summed E-state index contributed by atoms with van der Waals surface area (Å²) in [6, 6.07) is 0. The third-order valence-electron chi connectivity index (χ3n) is 4.31. The average molecular weight is 280 g/mol. The Kier molecular flexibility index (Phi) is 16.6. The predicted octanol–water partition coefficient (Wildman–Crippen LogP) is 7.63. The largest absolute Gasteiger partial charge is 0.0705 e. The zero-order valence-corrected chi connectivity index (χ0v) is 14.4. The van der Waals surface area contributed by atoms with Gasteiger partial charge in [0.25, 0.3) is 0 Å². The molecular weight excluding hydrogens is 240 g/mol. The summed E-state index contributed by atoms with van der Waals surface area (Å²) >= 11 is 0. The first-order valence-electron chi connectivity index (χ1n) is 9.41. The number of allylic oxidation sites excluding steroid dienone is 1. The maximum absolute atomic E-state index is 5.84. The van der Waals surface area contributed by atoms with Gasteiger partial charge >= 0.3 is 0 Å². The van der Waals surface area contributed by atoms with Crippen molar-refractivity contribution in [2.75, 3.05) is 0 Å². The van der Waals surface area contributed by atoms with E-state index >= 15 is 0 Å². The lowest BCUT2D eigenvalue weighted by Gasteiger charge is -2.04. The zero-order valence-electron chi connectivity index (χ0n) is 14.4. The predicted molar refractivity (Wildman–Crippen MR) is 93.0 cm³/mol. The highest BCUT2D eigenvalue weighted by Crippen LogP contribution is 2.14. The Labute approximate surface area is 129 Å². The summed E-state index contributed by atoms with van der Waals surface area (Å²) in [6.07, 6.45) is 22.2. The van der Waals surface area contributed by atoms with Gasteiger partial charge in [-0.25, -0.2) is 0 Å². The van der Waals surface area contributed by atoms with Crippen molar-refractivity contribution in [2.45, 2.75) is 117 Å². The highest BCUT2D eigenvalue weighted by Gasteiger charge is 1.95. The Hall–Kier alpha value is -0.260. The fourth-order valence-electron chi connectivity index (χ4n) is 2.72. The van der Waals surface area contributed by atoms with E-state index in [-0.39, 0.29) is 0 Å². The molecule has 0 aromatic rings. The van der Waals surface area contributed by atoms with Gasteiger partial charge in [0.1, 0.15) is 0 Å². The van der Waals surface area contributed by atoms with Gasteiger partial charge in [0.05, 0.1) is 0 Å². The van der Waals surface area contributed by atoms with E-state index in [1.54, 1.807) is 0 Å². The molecule has 119 valence electrons. The van der Waals surface area contributed by atoms with Crippen molar-refractivity contribution >= 4 is 0 Å². The van der Waals surface area contributed by atoms with Gasteiger partial charge in [-0.05, 0) is 19.3 Å². The molecule has 0 amide bonds. The van der Waals surface area contributed by atoms with Crippen LogP contribution in [0.25, 0.3) is 0 Å². The summed E-state index contributed by atoms with van der Waals surface area (Å²) < 4.78 is 0. The van der Waals surface area contributed by atoms with Gasteiger partial charge in [0, 0.05) is 0 Å². The molecule has 0 heterocycles. The molecule has 0 spiro atoms. The summed E-state index contributed by atoms with van der Waals surface area (Å²) in [7, 11) is 0. The first kappa shape index (κ1) is 19.7. The van der Waals surface area contributed by atoms with Gasteiger partial charge in [0.2, 0.25) is 0 Å². The van der Waals surface area contributed by atoms with Crippen LogP contribution in [-0.4, -0.2) is 0 Å². The Morgan fingerprint density at radius 3 is 1.25 bits per heavy atom. The highest BCUT2D eigenvalue weighted by molar-refractivity contribution is 4.88. The summed E-state index contributed by atoms with van der Waals surface area (Å²) in [6.45, 7) is 10.3.